The monoisotopic (exact) mass is 232 g/mol. The van der Waals surface area contributed by atoms with Crippen molar-refractivity contribution in [2.24, 2.45) is 0 Å². The summed E-state index contributed by atoms with van der Waals surface area (Å²) < 4.78 is 5.01. The van der Waals surface area contributed by atoms with E-state index < -0.39 is 0 Å². The van der Waals surface area contributed by atoms with E-state index in [0.717, 1.165) is 23.1 Å². The zero-order chi connectivity index (χ0) is 12.3. The first-order valence-corrected chi connectivity index (χ1v) is 5.64. The van der Waals surface area contributed by atoms with Gasteiger partial charge in [-0.25, -0.2) is 9.97 Å². The molecule has 0 fully saturated rings. The minimum absolute atomic E-state index is 0.320. The molecule has 0 aliphatic carbocycles. The van der Waals surface area contributed by atoms with Crippen LogP contribution in [0.1, 0.15) is 37.0 Å². The van der Waals surface area contributed by atoms with E-state index in [2.05, 4.69) is 34.3 Å². The third kappa shape index (κ3) is 3.03. The Hall–Kier alpha value is -1.91. The van der Waals surface area contributed by atoms with Crippen LogP contribution in [0.5, 0.6) is 0 Å². The van der Waals surface area contributed by atoms with Crippen molar-refractivity contribution < 1.29 is 4.52 Å². The van der Waals surface area contributed by atoms with E-state index in [4.69, 9.17) is 4.52 Å². The Morgan fingerprint density at radius 3 is 2.82 bits per heavy atom. The number of hydrogen-bond donors (Lipinski definition) is 1. The molecule has 5 heteroatoms. The molecular weight excluding hydrogens is 216 g/mol. The molecule has 5 nitrogen and oxygen atoms in total. The van der Waals surface area contributed by atoms with E-state index in [1.165, 1.54) is 0 Å². The zero-order valence-electron chi connectivity index (χ0n) is 10.3. The molecule has 0 spiro atoms. The van der Waals surface area contributed by atoms with Gasteiger partial charge in [0.1, 0.15) is 11.6 Å². The topological polar surface area (TPSA) is 63.8 Å². The summed E-state index contributed by atoms with van der Waals surface area (Å²) in [5.74, 6) is 2.77. The lowest BCUT2D eigenvalue weighted by Crippen LogP contribution is -2.06. The van der Waals surface area contributed by atoms with Gasteiger partial charge in [-0.05, 0) is 6.92 Å². The highest BCUT2D eigenvalue weighted by molar-refractivity contribution is 5.36. The molecule has 0 aromatic carbocycles. The van der Waals surface area contributed by atoms with E-state index in [1.807, 2.05) is 19.1 Å². The summed E-state index contributed by atoms with van der Waals surface area (Å²) in [4.78, 5) is 8.84. The molecule has 0 bridgehead atoms. The van der Waals surface area contributed by atoms with Crippen LogP contribution in [-0.2, 0) is 6.54 Å². The fourth-order valence-electron chi connectivity index (χ4n) is 1.45. The third-order valence-electron chi connectivity index (χ3n) is 2.32. The fraction of sp³-hybridized carbons (Fsp3) is 0.417. The molecule has 0 saturated carbocycles. The molecule has 1 N–H and O–H groups in total. The summed E-state index contributed by atoms with van der Waals surface area (Å²) in [6.45, 7) is 6.70. The van der Waals surface area contributed by atoms with Crippen LogP contribution >= 0.6 is 0 Å². The van der Waals surface area contributed by atoms with E-state index in [-0.39, 0.29) is 0 Å². The molecule has 0 amide bonds. The number of nitrogens with zero attached hydrogens (tertiary/aromatic N) is 3. The molecule has 2 rings (SSSR count). The Balaban J connectivity index is 2.10. The molecular formula is C12H16N4O. The SMILES string of the molecule is Cc1cc(NCc2ccno2)nc(C(C)C)n1. The van der Waals surface area contributed by atoms with Crippen molar-refractivity contribution in [3.05, 3.63) is 35.6 Å². The number of rotatable bonds is 4. The number of anilines is 1. The van der Waals surface area contributed by atoms with Gasteiger partial charge in [-0.2, -0.15) is 0 Å². The Labute approximate surface area is 100 Å². The predicted molar refractivity (Wildman–Crippen MR) is 64.7 cm³/mol. The highest BCUT2D eigenvalue weighted by Gasteiger charge is 2.06. The Bertz CT molecular complexity index is 479. The van der Waals surface area contributed by atoms with Crippen molar-refractivity contribution in [3.8, 4) is 0 Å². The van der Waals surface area contributed by atoms with Crippen molar-refractivity contribution >= 4 is 5.82 Å². The maximum Gasteiger partial charge on any atom is 0.155 e. The maximum absolute atomic E-state index is 5.01. The Kier molecular flexibility index (Phi) is 3.37. The van der Waals surface area contributed by atoms with Gasteiger partial charge in [0, 0.05) is 23.7 Å². The van der Waals surface area contributed by atoms with Crippen molar-refractivity contribution in [1.82, 2.24) is 15.1 Å². The second-order valence-electron chi connectivity index (χ2n) is 4.24. The van der Waals surface area contributed by atoms with Crippen LogP contribution in [0.25, 0.3) is 0 Å². The first kappa shape index (κ1) is 11.6. The quantitative estimate of drug-likeness (QED) is 0.877. The van der Waals surface area contributed by atoms with Gasteiger partial charge < -0.3 is 9.84 Å². The molecule has 0 unspecified atom stereocenters. The molecule has 0 atom stereocenters. The Morgan fingerprint density at radius 1 is 1.35 bits per heavy atom. The Morgan fingerprint density at radius 2 is 2.18 bits per heavy atom. The van der Waals surface area contributed by atoms with Crippen LogP contribution in [0.3, 0.4) is 0 Å². The number of nitrogens with one attached hydrogen (secondary N) is 1. The van der Waals surface area contributed by atoms with E-state index in [9.17, 15) is 0 Å². The summed E-state index contributed by atoms with van der Waals surface area (Å²) in [5.41, 5.74) is 0.962. The maximum atomic E-state index is 5.01. The highest BCUT2D eigenvalue weighted by atomic mass is 16.5. The van der Waals surface area contributed by atoms with Gasteiger partial charge in [-0.1, -0.05) is 19.0 Å². The van der Waals surface area contributed by atoms with Crippen LogP contribution in [0.4, 0.5) is 5.82 Å². The van der Waals surface area contributed by atoms with Gasteiger partial charge in [0.15, 0.2) is 5.76 Å². The number of aromatic nitrogens is 3. The zero-order valence-corrected chi connectivity index (χ0v) is 10.3. The molecule has 17 heavy (non-hydrogen) atoms. The minimum Gasteiger partial charge on any atom is -0.363 e. The predicted octanol–water partition coefficient (Wildman–Crippen LogP) is 2.51. The largest absolute Gasteiger partial charge is 0.363 e. The standard InChI is InChI=1S/C12H16N4O/c1-8(2)12-15-9(3)6-11(16-12)13-7-10-4-5-14-17-10/h4-6,8H,7H2,1-3H3,(H,13,15,16). The molecule has 2 heterocycles. The molecule has 2 aromatic rings. The number of hydrogen-bond acceptors (Lipinski definition) is 5. The second kappa shape index (κ2) is 4.95. The van der Waals surface area contributed by atoms with E-state index in [1.54, 1.807) is 6.20 Å². The van der Waals surface area contributed by atoms with Gasteiger partial charge in [0.2, 0.25) is 0 Å². The molecule has 0 radical (unpaired) electrons. The average Bonchev–Trinajstić information content (AvgIpc) is 2.78. The van der Waals surface area contributed by atoms with Crippen molar-refractivity contribution in [2.45, 2.75) is 33.2 Å². The first-order chi connectivity index (χ1) is 8.15. The van der Waals surface area contributed by atoms with Gasteiger partial charge in [-0.15, -0.1) is 0 Å². The smallest absolute Gasteiger partial charge is 0.155 e. The van der Waals surface area contributed by atoms with Crippen LogP contribution in [-0.4, -0.2) is 15.1 Å². The van der Waals surface area contributed by atoms with Crippen LogP contribution in [0.2, 0.25) is 0 Å². The molecule has 0 aliphatic heterocycles. The minimum atomic E-state index is 0.320. The lowest BCUT2D eigenvalue weighted by Gasteiger charge is -2.09. The molecule has 0 saturated heterocycles. The van der Waals surface area contributed by atoms with Crippen molar-refractivity contribution in [3.63, 3.8) is 0 Å². The summed E-state index contributed by atoms with van der Waals surface area (Å²) >= 11 is 0. The summed E-state index contributed by atoms with van der Waals surface area (Å²) in [6, 6.07) is 3.74. The van der Waals surface area contributed by atoms with Crippen LogP contribution in [0, 0.1) is 6.92 Å². The second-order valence-corrected chi connectivity index (χ2v) is 4.24. The van der Waals surface area contributed by atoms with Gasteiger partial charge in [-0.3, -0.25) is 0 Å². The lowest BCUT2D eigenvalue weighted by molar-refractivity contribution is 0.388. The van der Waals surface area contributed by atoms with Gasteiger partial charge in [0.05, 0.1) is 12.7 Å². The summed E-state index contributed by atoms with van der Waals surface area (Å²) in [6.07, 6.45) is 1.63. The number of aryl methyl sites for hydroxylation is 1. The third-order valence-corrected chi connectivity index (χ3v) is 2.32. The lowest BCUT2D eigenvalue weighted by atomic mass is 10.2. The van der Waals surface area contributed by atoms with Crippen molar-refractivity contribution in [1.29, 1.82) is 0 Å². The highest BCUT2D eigenvalue weighted by Crippen LogP contribution is 2.14. The van der Waals surface area contributed by atoms with E-state index in [0.29, 0.717) is 12.5 Å². The molecule has 0 aliphatic rings. The van der Waals surface area contributed by atoms with Crippen molar-refractivity contribution in [2.75, 3.05) is 5.32 Å². The fourth-order valence-corrected chi connectivity index (χ4v) is 1.45. The summed E-state index contributed by atoms with van der Waals surface area (Å²) in [7, 11) is 0. The normalized spacial score (nSPS) is 10.8. The van der Waals surface area contributed by atoms with E-state index >= 15 is 0 Å². The average molecular weight is 232 g/mol. The molecule has 2 aromatic heterocycles. The molecule has 90 valence electrons. The van der Waals surface area contributed by atoms with Crippen LogP contribution in [0.15, 0.2) is 22.9 Å². The first-order valence-electron chi connectivity index (χ1n) is 5.64. The van der Waals surface area contributed by atoms with Gasteiger partial charge in [0.25, 0.3) is 0 Å². The van der Waals surface area contributed by atoms with Gasteiger partial charge >= 0.3 is 0 Å². The van der Waals surface area contributed by atoms with Crippen LogP contribution < -0.4 is 5.32 Å². The summed E-state index contributed by atoms with van der Waals surface area (Å²) in [5, 5.41) is 6.85.